The maximum Gasteiger partial charge on any atom is 0.210 e. The molecule has 0 aliphatic carbocycles. The largest absolute Gasteiger partial charge is 0.496 e. The summed E-state index contributed by atoms with van der Waals surface area (Å²) in [7, 11) is 1.73. The maximum atomic E-state index is 6.79. The molecule has 8 nitrogen and oxygen atoms in total. The van der Waals surface area contributed by atoms with Gasteiger partial charge in [0.1, 0.15) is 11.5 Å². The molecule has 0 saturated carbocycles. The van der Waals surface area contributed by atoms with E-state index in [2.05, 4.69) is 178 Å². The first kappa shape index (κ1) is 36.3. The Hall–Kier alpha value is -7.06. The second kappa shape index (κ2) is 16.1. The Balaban J connectivity index is 0.901. The van der Waals surface area contributed by atoms with Crippen LogP contribution in [0.4, 0.5) is 11.4 Å². The summed E-state index contributed by atoms with van der Waals surface area (Å²) >= 11 is 0. The van der Waals surface area contributed by atoms with Crippen LogP contribution in [-0.2, 0) is 0 Å². The van der Waals surface area contributed by atoms with Crippen molar-refractivity contribution in [2.75, 3.05) is 49.7 Å². The number of rotatable bonds is 10. The molecular weight excluding hydrogens is 729 g/mol. The van der Waals surface area contributed by atoms with E-state index >= 15 is 0 Å². The van der Waals surface area contributed by atoms with Gasteiger partial charge >= 0.3 is 0 Å². The molecule has 6 aromatic rings. The number of fused-ring (bicyclic) bond motifs is 2. The summed E-state index contributed by atoms with van der Waals surface area (Å²) < 4.78 is 12.6. The Morgan fingerprint density at radius 1 is 0.542 bits per heavy atom. The Morgan fingerprint density at radius 3 is 1.85 bits per heavy atom. The molecule has 6 aromatic carbocycles. The lowest BCUT2D eigenvalue weighted by Crippen LogP contribution is -2.38. The number of methoxy groups -OCH3 is 1. The van der Waals surface area contributed by atoms with Crippen LogP contribution in [0.5, 0.6) is 11.5 Å². The standard InChI is InChI=1S/C51H46N6O2/c1-58-48-19-10-8-17-44(48)47-35-56(43-27-25-41(26-28-43)39-15-6-3-7-16-39)51-53-33-37(29-32-55(47)51)36-59-49-20-11-9-18-45(49)57-34-46(54-31-12-30-52-50(54)57)42-23-21-40(22-24-42)38-13-4-2-5-14-38/h2-11,13-28,34-35,37H,12,29-33,36H2,1H3. The SMILES string of the molecule is COc1ccccc1C1=CN(c2ccc(-c3ccccc3)cc2)C2=NCC(COc3ccccc3N3C=C(c4ccc(-c5ccccc5)cc4)N4CCCN=C43)CCN12. The van der Waals surface area contributed by atoms with E-state index in [0.29, 0.717) is 13.2 Å². The molecule has 0 radical (unpaired) electrons. The van der Waals surface area contributed by atoms with Gasteiger partial charge in [-0.1, -0.05) is 121 Å². The fourth-order valence-electron chi connectivity index (χ4n) is 8.46. The van der Waals surface area contributed by atoms with Crippen molar-refractivity contribution < 1.29 is 9.47 Å². The number of hydrogen-bond donors (Lipinski definition) is 0. The average Bonchev–Trinajstić information content (AvgIpc) is 3.80. The van der Waals surface area contributed by atoms with E-state index in [0.717, 1.165) is 84.2 Å². The summed E-state index contributed by atoms with van der Waals surface area (Å²) in [5.74, 6) is 3.75. The number of nitrogens with zero attached hydrogens (tertiary/aromatic N) is 6. The van der Waals surface area contributed by atoms with Gasteiger partial charge in [-0.3, -0.25) is 19.8 Å². The maximum absolute atomic E-state index is 6.79. The van der Waals surface area contributed by atoms with Gasteiger partial charge in [-0.05, 0) is 77.1 Å². The highest BCUT2D eigenvalue weighted by Gasteiger charge is 2.36. The summed E-state index contributed by atoms with van der Waals surface area (Å²) in [6.07, 6.45) is 6.35. The van der Waals surface area contributed by atoms with Crippen LogP contribution in [-0.4, -0.2) is 61.6 Å². The van der Waals surface area contributed by atoms with Gasteiger partial charge in [0.2, 0.25) is 11.9 Å². The van der Waals surface area contributed by atoms with E-state index in [9.17, 15) is 0 Å². The molecule has 10 rings (SSSR count). The minimum atomic E-state index is 0.207. The van der Waals surface area contributed by atoms with E-state index in [4.69, 9.17) is 19.5 Å². The van der Waals surface area contributed by atoms with Gasteiger partial charge in [-0.15, -0.1) is 0 Å². The molecule has 4 heterocycles. The van der Waals surface area contributed by atoms with E-state index < -0.39 is 0 Å². The molecule has 59 heavy (non-hydrogen) atoms. The van der Waals surface area contributed by atoms with Crippen molar-refractivity contribution in [3.63, 3.8) is 0 Å². The molecule has 292 valence electrons. The smallest absolute Gasteiger partial charge is 0.210 e. The van der Waals surface area contributed by atoms with Crippen LogP contribution in [0.2, 0.25) is 0 Å². The minimum absolute atomic E-state index is 0.207. The van der Waals surface area contributed by atoms with Gasteiger partial charge in [-0.25, -0.2) is 0 Å². The van der Waals surface area contributed by atoms with Crippen LogP contribution >= 0.6 is 0 Å². The zero-order chi connectivity index (χ0) is 39.5. The van der Waals surface area contributed by atoms with Gasteiger partial charge in [0, 0.05) is 55.7 Å². The number of anilines is 2. The second-order valence-electron chi connectivity index (χ2n) is 15.2. The van der Waals surface area contributed by atoms with E-state index in [1.54, 1.807) is 7.11 Å². The van der Waals surface area contributed by atoms with Crippen molar-refractivity contribution in [2.45, 2.75) is 12.8 Å². The Bertz CT molecular complexity index is 2570. The van der Waals surface area contributed by atoms with Gasteiger partial charge in [0.15, 0.2) is 0 Å². The van der Waals surface area contributed by atoms with Crippen molar-refractivity contribution in [2.24, 2.45) is 15.9 Å². The molecule has 0 N–H and O–H groups in total. The van der Waals surface area contributed by atoms with Gasteiger partial charge in [-0.2, -0.15) is 0 Å². The first-order valence-electron chi connectivity index (χ1n) is 20.5. The lowest BCUT2D eigenvalue weighted by atomic mass is 10.0. The average molecular weight is 775 g/mol. The predicted octanol–water partition coefficient (Wildman–Crippen LogP) is 10.5. The Morgan fingerprint density at radius 2 is 1.12 bits per heavy atom. The molecule has 0 aromatic heterocycles. The second-order valence-corrected chi connectivity index (χ2v) is 15.2. The summed E-state index contributed by atoms with van der Waals surface area (Å²) in [5.41, 5.74) is 11.3. The number of aliphatic imine (C=N–C) groups is 2. The van der Waals surface area contributed by atoms with Crippen molar-refractivity contribution in [3.05, 3.63) is 181 Å². The molecule has 0 amide bonds. The lowest BCUT2D eigenvalue weighted by Gasteiger charge is -2.29. The quantitative estimate of drug-likeness (QED) is 0.138. The number of benzene rings is 6. The normalized spacial score (nSPS) is 17.3. The van der Waals surface area contributed by atoms with E-state index in [1.807, 2.05) is 12.1 Å². The van der Waals surface area contributed by atoms with E-state index in [1.165, 1.54) is 27.8 Å². The fourth-order valence-corrected chi connectivity index (χ4v) is 8.46. The van der Waals surface area contributed by atoms with Crippen LogP contribution in [0.25, 0.3) is 33.6 Å². The van der Waals surface area contributed by atoms with Crippen molar-refractivity contribution >= 4 is 34.7 Å². The molecular formula is C51H46N6O2. The molecule has 4 aliphatic rings. The molecule has 0 bridgehead atoms. The molecule has 1 atom stereocenters. The molecule has 4 aliphatic heterocycles. The monoisotopic (exact) mass is 774 g/mol. The number of hydrogen-bond acceptors (Lipinski definition) is 8. The van der Waals surface area contributed by atoms with E-state index in [-0.39, 0.29) is 5.92 Å². The zero-order valence-corrected chi connectivity index (χ0v) is 33.2. The fraction of sp³-hybridized carbons (Fsp3) is 0.176. The highest BCUT2D eigenvalue weighted by atomic mass is 16.5. The van der Waals surface area contributed by atoms with Crippen LogP contribution in [0.3, 0.4) is 0 Å². The molecule has 0 saturated heterocycles. The summed E-state index contributed by atoms with van der Waals surface area (Å²) in [5, 5.41) is 0. The van der Waals surface area contributed by atoms with Crippen molar-refractivity contribution in [1.82, 2.24) is 9.80 Å². The van der Waals surface area contributed by atoms with Crippen LogP contribution in [0.15, 0.2) is 180 Å². The summed E-state index contributed by atoms with van der Waals surface area (Å²) in [6.45, 7) is 3.71. The van der Waals surface area contributed by atoms with Crippen LogP contribution in [0, 0.1) is 5.92 Å². The molecule has 0 fully saturated rings. The van der Waals surface area contributed by atoms with Crippen LogP contribution in [0.1, 0.15) is 24.0 Å². The zero-order valence-electron chi connectivity index (χ0n) is 33.2. The number of guanidine groups is 2. The van der Waals surface area contributed by atoms with Crippen molar-refractivity contribution in [1.29, 1.82) is 0 Å². The minimum Gasteiger partial charge on any atom is -0.496 e. The van der Waals surface area contributed by atoms with Crippen molar-refractivity contribution in [3.8, 4) is 33.8 Å². The molecule has 8 heteroatoms. The highest BCUT2D eigenvalue weighted by Crippen LogP contribution is 2.40. The highest BCUT2D eigenvalue weighted by molar-refractivity contribution is 6.09. The lowest BCUT2D eigenvalue weighted by molar-refractivity contribution is 0.244. The first-order chi connectivity index (χ1) is 29.2. The number of para-hydroxylation sites is 3. The topological polar surface area (TPSA) is 56.1 Å². The Labute approximate surface area is 346 Å². The third-order valence-corrected chi connectivity index (χ3v) is 11.6. The molecule has 1 unspecified atom stereocenters. The Kier molecular flexibility index (Phi) is 9.88. The van der Waals surface area contributed by atoms with Gasteiger partial charge in [0.05, 0.1) is 30.8 Å². The van der Waals surface area contributed by atoms with Gasteiger partial charge < -0.3 is 19.3 Å². The number of ether oxygens (including phenoxy) is 2. The molecule has 0 spiro atoms. The summed E-state index contributed by atoms with van der Waals surface area (Å²) in [6, 6.07) is 55.2. The van der Waals surface area contributed by atoms with Crippen LogP contribution < -0.4 is 19.3 Å². The first-order valence-corrected chi connectivity index (χ1v) is 20.5. The third-order valence-electron chi connectivity index (χ3n) is 11.6. The van der Waals surface area contributed by atoms with Gasteiger partial charge in [0.25, 0.3) is 0 Å². The summed E-state index contributed by atoms with van der Waals surface area (Å²) in [4.78, 5) is 19.5. The third kappa shape index (κ3) is 7.12. The predicted molar refractivity (Wildman–Crippen MR) is 240 cm³/mol.